The molecule has 0 fully saturated rings. The quantitative estimate of drug-likeness (QED) is 0.919. The lowest BCUT2D eigenvalue weighted by atomic mass is 10.2. The zero-order valence-corrected chi connectivity index (χ0v) is 11.4. The molecular formula is C12H11Cl2N3O. The second-order valence-electron chi connectivity index (χ2n) is 3.91. The van der Waals surface area contributed by atoms with E-state index in [0.717, 1.165) is 0 Å². The highest BCUT2D eigenvalue weighted by Gasteiger charge is 2.13. The topological polar surface area (TPSA) is 46.9 Å². The van der Waals surface area contributed by atoms with Crippen molar-refractivity contribution >= 4 is 34.8 Å². The van der Waals surface area contributed by atoms with E-state index in [4.69, 9.17) is 23.2 Å². The molecule has 0 unspecified atom stereocenters. The first-order chi connectivity index (χ1) is 8.45. The lowest BCUT2D eigenvalue weighted by Crippen LogP contribution is -2.12. The maximum atomic E-state index is 12.0. The predicted molar refractivity (Wildman–Crippen MR) is 72.4 cm³/mol. The average Bonchev–Trinajstić information content (AvgIpc) is 2.56. The molecule has 0 saturated carbocycles. The summed E-state index contributed by atoms with van der Waals surface area (Å²) in [5.74, 6) is -0.237. The first kappa shape index (κ1) is 12.9. The first-order valence-electron chi connectivity index (χ1n) is 5.23. The summed E-state index contributed by atoms with van der Waals surface area (Å²) < 4.78 is 1.59. The SMILES string of the molecule is Cc1nn(C)cc1C(=O)Nc1cc(Cl)cc(Cl)c1. The minimum absolute atomic E-state index is 0.237. The van der Waals surface area contributed by atoms with E-state index in [1.807, 2.05) is 0 Å². The third-order valence-electron chi connectivity index (χ3n) is 2.38. The van der Waals surface area contributed by atoms with Crippen LogP contribution in [0.3, 0.4) is 0 Å². The van der Waals surface area contributed by atoms with Gasteiger partial charge < -0.3 is 5.32 Å². The summed E-state index contributed by atoms with van der Waals surface area (Å²) >= 11 is 11.7. The van der Waals surface area contributed by atoms with Crippen LogP contribution in [0.4, 0.5) is 5.69 Å². The van der Waals surface area contributed by atoms with Crippen molar-refractivity contribution in [1.82, 2.24) is 9.78 Å². The van der Waals surface area contributed by atoms with Crippen LogP contribution in [0, 0.1) is 6.92 Å². The lowest BCUT2D eigenvalue weighted by molar-refractivity contribution is 0.102. The Morgan fingerprint density at radius 2 is 1.89 bits per heavy atom. The highest BCUT2D eigenvalue weighted by molar-refractivity contribution is 6.35. The van der Waals surface area contributed by atoms with Gasteiger partial charge in [0.2, 0.25) is 0 Å². The van der Waals surface area contributed by atoms with Gasteiger partial charge in [0.15, 0.2) is 0 Å². The number of anilines is 1. The van der Waals surface area contributed by atoms with Crippen LogP contribution in [0.25, 0.3) is 0 Å². The van der Waals surface area contributed by atoms with Crippen LogP contribution in [-0.2, 0) is 7.05 Å². The minimum Gasteiger partial charge on any atom is -0.322 e. The van der Waals surface area contributed by atoms with Crippen molar-refractivity contribution in [2.45, 2.75) is 6.92 Å². The Balaban J connectivity index is 2.23. The number of aryl methyl sites for hydroxylation is 2. The van der Waals surface area contributed by atoms with Crippen molar-refractivity contribution in [3.63, 3.8) is 0 Å². The molecule has 0 radical (unpaired) electrons. The lowest BCUT2D eigenvalue weighted by Gasteiger charge is -2.05. The molecule has 18 heavy (non-hydrogen) atoms. The number of carbonyl (C=O) groups is 1. The molecule has 4 nitrogen and oxygen atoms in total. The molecule has 0 atom stereocenters. The Hall–Kier alpha value is -1.52. The highest BCUT2D eigenvalue weighted by atomic mass is 35.5. The maximum Gasteiger partial charge on any atom is 0.259 e. The molecule has 0 aliphatic heterocycles. The van der Waals surface area contributed by atoms with Gasteiger partial charge in [0.1, 0.15) is 0 Å². The summed E-state index contributed by atoms with van der Waals surface area (Å²) in [6.45, 7) is 1.78. The summed E-state index contributed by atoms with van der Waals surface area (Å²) in [7, 11) is 1.76. The van der Waals surface area contributed by atoms with E-state index in [1.165, 1.54) is 0 Å². The number of halogens is 2. The highest BCUT2D eigenvalue weighted by Crippen LogP contribution is 2.23. The van der Waals surface area contributed by atoms with E-state index in [1.54, 1.807) is 43.0 Å². The Morgan fingerprint density at radius 3 is 2.39 bits per heavy atom. The predicted octanol–water partition coefficient (Wildman–Crippen LogP) is 3.29. The minimum atomic E-state index is -0.237. The molecule has 1 aromatic carbocycles. The monoisotopic (exact) mass is 283 g/mol. The largest absolute Gasteiger partial charge is 0.322 e. The Bertz CT molecular complexity index is 587. The standard InChI is InChI=1S/C12H11Cl2N3O/c1-7-11(6-17(2)16-7)12(18)15-10-4-8(13)3-9(14)5-10/h3-6H,1-2H3,(H,15,18). The van der Waals surface area contributed by atoms with Crippen LogP contribution in [0.1, 0.15) is 16.1 Å². The van der Waals surface area contributed by atoms with Crippen LogP contribution in [0.2, 0.25) is 10.0 Å². The van der Waals surface area contributed by atoms with E-state index in [9.17, 15) is 4.79 Å². The van der Waals surface area contributed by atoms with Gasteiger partial charge >= 0.3 is 0 Å². The maximum absolute atomic E-state index is 12.0. The molecule has 94 valence electrons. The fraction of sp³-hybridized carbons (Fsp3) is 0.167. The number of amides is 1. The van der Waals surface area contributed by atoms with Gasteiger partial charge in [-0.1, -0.05) is 23.2 Å². The van der Waals surface area contributed by atoms with Crippen LogP contribution in [0.15, 0.2) is 24.4 Å². The normalized spacial score (nSPS) is 10.4. The summed E-state index contributed by atoms with van der Waals surface area (Å²) in [5, 5.41) is 7.79. The van der Waals surface area contributed by atoms with E-state index in [-0.39, 0.29) is 5.91 Å². The molecule has 2 aromatic rings. The van der Waals surface area contributed by atoms with Crippen molar-refractivity contribution in [2.75, 3.05) is 5.32 Å². The summed E-state index contributed by atoms with van der Waals surface area (Å²) in [6, 6.07) is 4.88. The molecule has 6 heteroatoms. The molecule has 1 aromatic heterocycles. The third kappa shape index (κ3) is 2.83. The van der Waals surface area contributed by atoms with E-state index in [0.29, 0.717) is 27.0 Å². The van der Waals surface area contributed by atoms with Crippen molar-refractivity contribution in [1.29, 1.82) is 0 Å². The Morgan fingerprint density at radius 1 is 1.28 bits per heavy atom. The summed E-state index contributed by atoms with van der Waals surface area (Å²) in [5.41, 5.74) is 1.75. The smallest absolute Gasteiger partial charge is 0.259 e. The Kier molecular flexibility index (Phi) is 3.59. The number of benzene rings is 1. The zero-order valence-electron chi connectivity index (χ0n) is 9.87. The van der Waals surface area contributed by atoms with Crippen molar-refractivity contribution in [3.8, 4) is 0 Å². The number of carbonyl (C=O) groups excluding carboxylic acids is 1. The van der Waals surface area contributed by atoms with E-state index in [2.05, 4.69) is 10.4 Å². The number of nitrogens with zero attached hydrogens (tertiary/aromatic N) is 2. The van der Waals surface area contributed by atoms with Gasteiger partial charge in [0, 0.05) is 29.0 Å². The van der Waals surface area contributed by atoms with Crippen molar-refractivity contribution in [2.24, 2.45) is 7.05 Å². The number of nitrogens with one attached hydrogen (secondary N) is 1. The molecule has 0 bridgehead atoms. The molecule has 0 aliphatic rings. The fourth-order valence-corrected chi connectivity index (χ4v) is 2.17. The number of hydrogen-bond acceptors (Lipinski definition) is 2. The van der Waals surface area contributed by atoms with Gasteiger partial charge in [-0.3, -0.25) is 9.48 Å². The van der Waals surface area contributed by atoms with Crippen LogP contribution in [-0.4, -0.2) is 15.7 Å². The molecule has 0 aliphatic carbocycles. The van der Waals surface area contributed by atoms with Gasteiger partial charge in [-0.2, -0.15) is 5.10 Å². The second kappa shape index (κ2) is 5.00. The van der Waals surface area contributed by atoms with Gasteiger partial charge in [-0.05, 0) is 25.1 Å². The molecule has 1 N–H and O–H groups in total. The zero-order chi connectivity index (χ0) is 13.3. The fourth-order valence-electron chi connectivity index (χ4n) is 1.65. The molecule has 2 rings (SSSR count). The third-order valence-corrected chi connectivity index (χ3v) is 2.81. The number of aromatic nitrogens is 2. The van der Waals surface area contributed by atoms with Crippen molar-refractivity contribution in [3.05, 3.63) is 45.7 Å². The van der Waals surface area contributed by atoms with E-state index < -0.39 is 0 Å². The van der Waals surface area contributed by atoms with Gasteiger partial charge in [-0.15, -0.1) is 0 Å². The van der Waals surface area contributed by atoms with Crippen molar-refractivity contribution < 1.29 is 4.79 Å². The molecule has 0 spiro atoms. The van der Waals surface area contributed by atoms with Crippen LogP contribution in [0.5, 0.6) is 0 Å². The molecule has 0 saturated heterocycles. The number of rotatable bonds is 2. The molecular weight excluding hydrogens is 273 g/mol. The summed E-state index contributed by atoms with van der Waals surface area (Å²) in [6.07, 6.45) is 1.66. The van der Waals surface area contributed by atoms with Crippen LogP contribution >= 0.6 is 23.2 Å². The van der Waals surface area contributed by atoms with Gasteiger partial charge in [-0.25, -0.2) is 0 Å². The molecule has 1 heterocycles. The van der Waals surface area contributed by atoms with E-state index >= 15 is 0 Å². The van der Waals surface area contributed by atoms with Gasteiger partial charge in [0.25, 0.3) is 5.91 Å². The Labute approximate surface area is 115 Å². The first-order valence-corrected chi connectivity index (χ1v) is 5.99. The molecule has 1 amide bonds. The average molecular weight is 284 g/mol. The number of hydrogen-bond donors (Lipinski definition) is 1. The van der Waals surface area contributed by atoms with Gasteiger partial charge in [0.05, 0.1) is 11.3 Å². The second-order valence-corrected chi connectivity index (χ2v) is 4.79. The summed E-state index contributed by atoms with van der Waals surface area (Å²) in [4.78, 5) is 12.0. The van der Waals surface area contributed by atoms with Crippen LogP contribution < -0.4 is 5.32 Å².